The Bertz CT molecular complexity index is 1760. The Labute approximate surface area is 260 Å². The monoisotopic (exact) mass is 609 g/mol. The van der Waals surface area contributed by atoms with Crippen molar-refractivity contribution in [1.29, 1.82) is 5.41 Å². The summed E-state index contributed by atoms with van der Waals surface area (Å²) in [6.07, 6.45) is 4.75. The molecule has 0 bridgehead atoms. The number of fused-ring (bicyclic) bond motifs is 3. The SMILES string of the molecule is CN(C)C1CCC(C(=O)NC(=N)Cc2ccc(Nc3ncc4c(n3)-c3ccc(Cl)cc3C(c3ccccc3F)=NC4)cc2)C1. The first kappa shape index (κ1) is 29.6. The largest absolute Gasteiger partial charge is 0.324 e. The molecule has 2 atom stereocenters. The van der Waals surface area contributed by atoms with E-state index in [2.05, 4.69) is 20.5 Å². The molecule has 3 N–H and O–H groups in total. The Kier molecular flexibility index (Phi) is 8.50. The summed E-state index contributed by atoms with van der Waals surface area (Å²) in [6.45, 7) is 0.291. The zero-order valence-corrected chi connectivity index (χ0v) is 25.3. The van der Waals surface area contributed by atoms with Gasteiger partial charge < -0.3 is 15.5 Å². The number of amides is 1. The summed E-state index contributed by atoms with van der Waals surface area (Å²) in [7, 11) is 4.08. The van der Waals surface area contributed by atoms with Crippen LogP contribution in [-0.4, -0.2) is 52.5 Å². The highest BCUT2D eigenvalue weighted by atomic mass is 35.5. The van der Waals surface area contributed by atoms with Crippen LogP contribution in [0.3, 0.4) is 0 Å². The van der Waals surface area contributed by atoms with Crippen molar-refractivity contribution in [2.45, 2.75) is 38.3 Å². The van der Waals surface area contributed by atoms with Gasteiger partial charge in [-0.2, -0.15) is 0 Å². The van der Waals surface area contributed by atoms with Gasteiger partial charge in [0, 0.05) is 57.5 Å². The fourth-order valence-electron chi connectivity index (χ4n) is 5.87. The molecule has 3 aromatic carbocycles. The van der Waals surface area contributed by atoms with Gasteiger partial charge in [-0.3, -0.25) is 15.2 Å². The molecule has 1 aliphatic carbocycles. The summed E-state index contributed by atoms with van der Waals surface area (Å²) in [5.74, 6) is 0.128. The highest BCUT2D eigenvalue weighted by Crippen LogP contribution is 2.34. The molecular weight excluding hydrogens is 577 g/mol. The normalized spacial score (nSPS) is 17.3. The molecule has 1 saturated carbocycles. The van der Waals surface area contributed by atoms with E-state index in [1.807, 2.05) is 44.4 Å². The molecule has 2 aliphatic rings. The van der Waals surface area contributed by atoms with Gasteiger partial charge in [0.2, 0.25) is 11.9 Å². The Morgan fingerprint density at radius 3 is 2.59 bits per heavy atom. The third-order valence-electron chi connectivity index (χ3n) is 8.26. The fourth-order valence-corrected chi connectivity index (χ4v) is 6.04. The molecule has 224 valence electrons. The maximum atomic E-state index is 14.8. The number of carbonyl (C=O) groups excluding carboxylic acids is 1. The first-order chi connectivity index (χ1) is 21.2. The summed E-state index contributed by atoms with van der Waals surface area (Å²) in [5.41, 5.74) is 5.62. The van der Waals surface area contributed by atoms with Crippen LogP contribution in [0.25, 0.3) is 11.3 Å². The Hall–Kier alpha value is -4.47. The number of amidine groups is 1. The number of nitrogens with zero attached hydrogens (tertiary/aromatic N) is 4. The number of anilines is 2. The summed E-state index contributed by atoms with van der Waals surface area (Å²) in [5, 5.41) is 14.9. The fraction of sp³-hybridized carbons (Fsp3) is 0.265. The molecule has 8 nitrogen and oxygen atoms in total. The van der Waals surface area contributed by atoms with Gasteiger partial charge in [-0.1, -0.05) is 41.9 Å². The van der Waals surface area contributed by atoms with E-state index < -0.39 is 0 Å². The van der Waals surface area contributed by atoms with Crippen LogP contribution in [0.15, 0.2) is 77.9 Å². The van der Waals surface area contributed by atoms with E-state index in [4.69, 9.17) is 27.0 Å². The minimum absolute atomic E-state index is 0.0446. The van der Waals surface area contributed by atoms with Crippen LogP contribution < -0.4 is 10.6 Å². The van der Waals surface area contributed by atoms with Crippen LogP contribution in [0.2, 0.25) is 5.02 Å². The van der Waals surface area contributed by atoms with Gasteiger partial charge in [-0.25, -0.2) is 14.4 Å². The number of aromatic nitrogens is 2. The second kappa shape index (κ2) is 12.6. The Balaban J connectivity index is 1.15. The van der Waals surface area contributed by atoms with Crippen LogP contribution in [-0.2, 0) is 17.8 Å². The second-order valence-electron chi connectivity index (χ2n) is 11.5. The summed E-state index contributed by atoms with van der Waals surface area (Å²) in [6, 6.07) is 20.1. The number of rotatable bonds is 7. The van der Waals surface area contributed by atoms with Crippen molar-refractivity contribution in [1.82, 2.24) is 20.2 Å². The molecule has 0 radical (unpaired) electrons. The van der Waals surface area contributed by atoms with Gasteiger partial charge >= 0.3 is 0 Å². The lowest BCUT2D eigenvalue weighted by atomic mass is 9.95. The molecule has 1 aromatic heterocycles. The topological polar surface area (TPSA) is 106 Å². The average molecular weight is 610 g/mol. The van der Waals surface area contributed by atoms with Crippen LogP contribution in [0.4, 0.5) is 16.0 Å². The lowest BCUT2D eigenvalue weighted by Gasteiger charge is -2.18. The van der Waals surface area contributed by atoms with Crippen LogP contribution in [0.5, 0.6) is 0 Å². The lowest BCUT2D eigenvalue weighted by molar-refractivity contribution is -0.123. The van der Waals surface area contributed by atoms with E-state index in [1.165, 1.54) is 6.07 Å². The number of benzene rings is 3. The van der Waals surface area contributed by atoms with Crippen LogP contribution >= 0.6 is 11.6 Å². The van der Waals surface area contributed by atoms with Crippen molar-refractivity contribution in [3.05, 3.63) is 106 Å². The first-order valence-corrected chi connectivity index (χ1v) is 15.0. The van der Waals surface area contributed by atoms with Gasteiger partial charge in [0.1, 0.15) is 11.7 Å². The predicted octanol–water partition coefficient (Wildman–Crippen LogP) is 6.40. The van der Waals surface area contributed by atoms with Crippen LogP contribution in [0, 0.1) is 17.1 Å². The molecule has 10 heteroatoms. The molecule has 2 heterocycles. The van der Waals surface area contributed by atoms with E-state index in [-0.39, 0.29) is 23.5 Å². The summed E-state index contributed by atoms with van der Waals surface area (Å²) >= 11 is 6.37. The van der Waals surface area contributed by atoms with Gasteiger partial charge in [-0.15, -0.1) is 0 Å². The number of halogens is 2. The number of hydrogen-bond acceptors (Lipinski definition) is 7. The smallest absolute Gasteiger partial charge is 0.228 e. The minimum atomic E-state index is -0.357. The highest BCUT2D eigenvalue weighted by molar-refractivity contribution is 6.31. The van der Waals surface area contributed by atoms with Gasteiger partial charge in [0.15, 0.2) is 0 Å². The van der Waals surface area contributed by atoms with Crippen molar-refractivity contribution < 1.29 is 9.18 Å². The molecule has 0 spiro atoms. The van der Waals surface area contributed by atoms with Crippen molar-refractivity contribution >= 4 is 40.7 Å². The zero-order valence-electron chi connectivity index (χ0n) is 24.6. The average Bonchev–Trinajstić information content (AvgIpc) is 3.46. The van der Waals surface area contributed by atoms with E-state index in [1.54, 1.807) is 36.5 Å². The number of carbonyl (C=O) groups is 1. The lowest BCUT2D eigenvalue weighted by Crippen LogP contribution is -2.36. The van der Waals surface area contributed by atoms with E-state index in [0.717, 1.165) is 41.6 Å². The minimum Gasteiger partial charge on any atom is -0.324 e. The van der Waals surface area contributed by atoms with Crippen molar-refractivity contribution in [2.24, 2.45) is 10.9 Å². The molecule has 1 fully saturated rings. The Morgan fingerprint density at radius 2 is 1.84 bits per heavy atom. The van der Waals surface area contributed by atoms with E-state index in [0.29, 0.717) is 52.5 Å². The van der Waals surface area contributed by atoms with Crippen molar-refractivity contribution in [3.63, 3.8) is 0 Å². The molecule has 2 unspecified atom stereocenters. The molecule has 44 heavy (non-hydrogen) atoms. The zero-order chi connectivity index (χ0) is 30.8. The summed E-state index contributed by atoms with van der Waals surface area (Å²) in [4.78, 5) is 28.9. The molecular formula is C34H33ClFN7O. The van der Waals surface area contributed by atoms with Gasteiger partial charge in [0.05, 0.1) is 18.0 Å². The molecule has 0 saturated heterocycles. The Morgan fingerprint density at radius 1 is 1.05 bits per heavy atom. The summed E-state index contributed by atoms with van der Waals surface area (Å²) < 4.78 is 14.8. The molecule has 6 rings (SSSR count). The van der Waals surface area contributed by atoms with Crippen LogP contribution in [0.1, 0.15) is 41.5 Å². The van der Waals surface area contributed by atoms with Gasteiger partial charge in [0.25, 0.3) is 0 Å². The molecule has 1 aliphatic heterocycles. The number of aliphatic imine (C=N–C) groups is 1. The van der Waals surface area contributed by atoms with Crippen molar-refractivity contribution in [3.8, 4) is 11.3 Å². The van der Waals surface area contributed by atoms with E-state index in [9.17, 15) is 9.18 Å². The standard InChI is InChI=1S/C34H33ClFN7O/c1-43(2)25-13-9-21(16-25)33(44)41-30(37)15-20-7-11-24(12-8-20)40-34-39-19-22-18-38-32(27-5-3-4-6-29(27)36)28-17-23(35)10-14-26(28)31(22)42-34/h3-8,10-12,14,17,19,21,25H,9,13,15-16,18H2,1-2H3,(H2,37,41,44)(H,39,40,42). The van der Waals surface area contributed by atoms with E-state index >= 15 is 0 Å². The quantitative estimate of drug-likeness (QED) is 0.166. The predicted molar refractivity (Wildman–Crippen MR) is 172 cm³/mol. The molecule has 4 aromatic rings. The highest BCUT2D eigenvalue weighted by Gasteiger charge is 2.31. The van der Waals surface area contributed by atoms with Gasteiger partial charge in [-0.05, 0) is 75.3 Å². The van der Waals surface area contributed by atoms with Crippen molar-refractivity contribution in [2.75, 3.05) is 19.4 Å². The third kappa shape index (κ3) is 6.39. The number of nitrogens with one attached hydrogen (secondary N) is 3. The maximum absolute atomic E-state index is 14.8. The third-order valence-corrected chi connectivity index (χ3v) is 8.50. The maximum Gasteiger partial charge on any atom is 0.228 e. The number of hydrogen-bond donors (Lipinski definition) is 3. The molecule has 1 amide bonds. The first-order valence-electron chi connectivity index (χ1n) is 14.6. The second-order valence-corrected chi connectivity index (χ2v) is 11.9.